The molecule has 0 bridgehead atoms. The molecule has 2 heterocycles. The summed E-state index contributed by atoms with van der Waals surface area (Å²) in [6, 6.07) is 10.1. The predicted molar refractivity (Wildman–Crippen MR) is 64.6 cm³/mol. The number of aromatic amines is 1. The van der Waals surface area contributed by atoms with Crippen LogP contribution in [-0.2, 0) is 6.54 Å². The minimum atomic E-state index is 0.0343. The molecule has 3 aromatic rings. The van der Waals surface area contributed by atoms with Crippen molar-refractivity contribution in [2.45, 2.75) is 6.54 Å². The molecule has 0 fully saturated rings. The van der Waals surface area contributed by atoms with E-state index in [4.69, 9.17) is 0 Å². The molecule has 2 N–H and O–H groups in total. The number of hydrogen-bond acceptors (Lipinski definition) is 3. The standard InChI is InChI=1S/C11H10N4Se/c1-4-9(11-10(5-1)14-16-15-11)13-7-8-3-2-6-12-8/h1-6,12-13H,7H2. The van der Waals surface area contributed by atoms with Crippen LogP contribution < -0.4 is 5.32 Å². The number of H-pyrrole nitrogens is 1. The molecular formula is C11H10N4Se. The summed E-state index contributed by atoms with van der Waals surface area (Å²) >= 11 is 0.0343. The first-order chi connectivity index (χ1) is 7.93. The van der Waals surface area contributed by atoms with E-state index in [0.717, 1.165) is 29.0 Å². The predicted octanol–water partition coefficient (Wildman–Crippen LogP) is 1.63. The van der Waals surface area contributed by atoms with Gasteiger partial charge in [0.25, 0.3) is 0 Å². The van der Waals surface area contributed by atoms with Gasteiger partial charge in [-0.25, -0.2) is 0 Å². The zero-order valence-electron chi connectivity index (χ0n) is 8.47. The average Bonchev–Trinajstić information content (AvgIpc) is 2.97. The Labute approximate surface area is 98.9 Å². The monoisotopic (exact) mass is 278 g/mol. The Morgan fingerprint density at radius 2 is 2.19 bits per heavy atom. The Morgan fingerprint density at radius 3 is 3.06 bits per heavy atom. The first-order valence-electron chi connectivity index (χ1n) is 5.01. The second kappa shape index (κ2) is 4.12. The van der Waals surface area contributed by atoms with Crippen LogP contribution in [0.25, 0.3) is 11.0 Å². The normalized spacial score (nSPS) is 10.8. The van der Waals surface area contributed by atoms with E-state index in [1.165, 1.54) is 0 Å². The Hall–Kier alpha value is -1.58. The summed E-state index contributed by atoms with van der Waals surface area (Å²) in [6.07, 6.45) is 1.93. The molecule has 0 aliphatic rings. The topological polar surface area (TPSA) is 53.6 Å². The molecule has 3 rings (SSSR count). The molecule has 4 nitrogen and oxygen atoms in total. The Balaban J connectivity index is 1.86. The van der Waals surface area contributed by atoms with Gasteiger partial charge in [-0.1, -0.05) is 0 Å². The number of nitrogens with one attached hydrogen (secondary N) is 2. The van der Waals surface area contributed by atoms with E-state index < -0.39 is 0 Å². The van der Waals surface area contributed by atoms with Gasteiger partial charge < -0.3 is 0 Å². The van der Waals surface area contributed by atoms with E-state index in [-0.39, 0.29) is 15.0 Å². The minimum absolute atomic E-state index is 0.0343. The van der Waals surface area contributed by atoms with E-state index in [9.17, 15) is 0 Å². The van der Waals surface area contributed by atoms with Gasteiger partial charge in [0.05, 0.1) is 0 Å². The van der Waals surface area contributed by atoms with Crippen molar-refractivity contribution in [3.8, 4) is 0 Å². The van der Waals surface area contributed by atoms with E-state index in [1.807, 2.05) is 30.5 Å². The van der Waals surface area contributed by atoms with Gasteiger partial charge in [0.15, 0.2) is 0 Å². The molecule has 0 saturated heterocycles. The summed E-state index contributed by atoms with van der Waals surface area (Å²) in [5, 5.41) is 3.37. The molecule has 0 aliphatic heterocycles. The fraction of sp³-hybridized carbons (Fsp3) is 0.0909. The van der Waals surface area contributed by atoms with Crippen LogP contribution in [0.2, 0.25) is 0 Å². The fourth-order valence-electron chi connectivity index (χ4n) is 1.62. The van der Waals surface area contributed by atoms with Crippen LogP contribution in [0.1, 0.15) is 5.69 Å². The number of rotatable bonds is 3. The Morgan fingerprint density at radius 1 is 1.19 bits per heavy atom. The SMILES string of the molecule is c1c[nH]c(CNc2cccc3n[se]nc23)c1. The molecule has 80 valence electrons. The number of anilines is 1. The van der Waals surface area contributed by atoms with Crippen LogP contribution in [0.4, 0.5) is 5.69 Å². The molecule has 0 spiro atoms. The molecule has 5 heteroatoms. The molecule has 16 heavy (non-hydrogen) atoms. The van der Waals surface area contributed by atoms with Gasteiger partial charge in [0.2, 0.25) is 0 Å². The van der Waals surface area contributed by atoms with Gasteiger partial charge in [-0.05, 0) is 0 Å². The first-order valence-corrected chi connectivity index (χ1v) is 6.54. The van der Waals surface area contributed by atoms with Gasteiger partial charge >= 0.3 is 98.7 Å². The van der Waals surface area contributed by atoms with Crippen molar-refractivity contribution in [1.29, 1.82) is 0 Å². The van der Waals surface area contributed by atoms with Crippen molar-refractivity contribution in [2.24, 2.45) is 0 Å². The van der Waals surface area contributed by atoms with Gasteiger partial charge in [0, 0.05) is 0 Å². The van der Waals surface area contributed by atoms with Crippen molar-refractivity contribution >= 4 is 31.7 Å². The Bertz CT molecular complexity index is 585. The van der Waals surface area contributed by atoms with E-state index in [0.29, 0.717) is 0 Å². The molecule has 0 atom stereocenters. The van der Waals surface area contributed by atoms with Crippen LogP contribution in [-0.4, -0.2) is 27.9 Å². The number of fused-ring (bicyclic) bond motifs is 1. The summed E-state index contributed by atoms with van der Waals surface area (Å²) < 4.78 is 8.78. The van der Waals surface area contributed by atoms with Crippen LogP contribution >= 0.6 is 0 Å². The maximum atomic E-state index is 4.42. The summed E-state index contributed by atoms with van der Waals surface area (Å²) in [4.78, 5) is 3.16. The Kier molecular flexibility index (Phi) is 2.48. The zero-order chi connectivity index (χ0) is 10.8. The van der Waals surface area contributed by atoms with Gasteiger partial charge in [-0.15, -0.1) is 0 Å². The van der Waals surface area contributed by atoms with Gasteiger partial charge in [-0.3, -0.25) is 0 Å². The summed E-state index contributed by atoms with van der Waals surface area (Å²) in [5.74, 6) is 0. The quantitative estimate of drug-likeness (QED) is 0.715. The molecule has 2 aromatic heterocycles. The molecule has 0 saturated carbocycles. The van der Waals surface area contributed by atoms with Crippen LogP contribution in [0.3, 0.4) is 0 Å². The number of benzene rings is 1. The second-order valence-corrected chi connectivity index (χ2v) is 4.60. The first kappa shape index (κ1) is 9.63. The molecule has 0 amide bonds. The van der Waals surface area contributed by atoms with Crippen molar-refractivity contribution < 1.29 is 0 Å². The fourth-order valence-corrected chi connectivity index (χ4v) is 2.77. The second-order valence-electron chi connectivity index (χ2n) is 3.49. The number of hydrogen-bond donors (Lipinski definition) is 2. The third-order valence-corrected chi connectivity index (χ3v) is 3.56. The third-order valence-electron chi connectivity index (χ3n) is 2.42. The van der Waals surface area contributed by atoms with Gasteiger partial charge in [-0.2, -0.15) is 0 Å². The zero-order valence-corrected chi connectivity index (χ0v) is 10.2. The maximum absolute atomic E-state index is 4.42. The number of nitrogens with zero attached hydrogens (tertiary/aromatic N) is 2. The van der Waals surface area contributed by atoms with Crippen LogP contribution in [0.15, 0.2) is 36.5 Å². The van der Waals surface area contributed by atoms with Crippen LogP contribution in [0, 0.1) is 0 Å². The molecule has 0 unspecified atom stereocenters. The van der Waals surface area contributed by atoms with Crippen molar-refractivity contribution in [1.82, 2.24) is 12.9 Å². The van der Waals surface area contributed by atoms with Crippen molar-refractivity contribution in [3.63, 3.8) is 0 Å². The summed E-state index contributed by atoms with van der Waals surface area (Å²) in [5.41, 5.74) is 4.25. The molecule has 1 aromatic carbocycles. The number of aromatic nitrogens is 3. The van der Waals surface area contributed by atoms with Crippen LogP contribution in [0.5, 0.6) is 0 Å². The third kappa shape index (κ3) is 1.75. The van der Waals surface area contributed by atoms with E-state index in [2.05, 4.69) is 24.3 Å². The molecule has 0 aliphatic carbocycles. The molecular weight excluding hydrogens is 267 g/mol. The molecule has 0 radical (unpaired) electrons. The van der Waals surface area contributed by atoms with E-state index >= 15 is 0 Å². The van der Waals surface area contributed by atoms with Crippen molar-refractivity contribution in [3.05, 3.63) is 42.2 Å². The van der Waals surface area contributed by atoms with Gasteiger partial charge in [0.1, 0.15) is 0 Å². The summed E-state index contributed by atoms with van der Waals surface area (Å²) in [6.45, 7) is 0.784. The average molecular weight is 277 g/mol. The summed E-state index contributed by atoms with van der Waals surface area (Å²) in [7, 11) is 0. The van der Waals surface area contributed by atoms with Crippen molar-refractivity contribution in [2.75, 3.05) is 5.32 Å². The van der Waals surface area contributed by atoms with E-state index in [1.54, 1.807) is 0 Å².